The minimum Gasteiger partial charge on any atom is -0.318 e. The van der Waals surface area contributed by atoms with E-state index in [2.05, 4.69) is 5.32 Å². The summed E-state index contributed by atoms with van der Waals surface area (Å²) in [5, 5.41) is 2.81. The predicted molar refractivity (Wildman–Crippen MR) is 56.3 cm³/mol. The standard InChI is InChI=1S/C10H19F3N2O/c1-9(16)4-3-6-15(7-5-14-2)8-10(11,12)13/h14H,3-8H2,1-2H3. The smallest absolute Gasteiger partial charge is 0.318 e. The number of nitrogens with zero attached hydrogens (tertiary/aromatic N) is 1. The van der Waals surface area contributed by atoms with E-state index in [0.29, 0.717) is 32.5 Å². The molecule has 0 atom stereocenters. The number of likely N-dealkylation sites (N-methyl/N-ethyl adjacent to an activating group) is 1. The molecule has 0 rings (SSSR count). The van der Waals surface area contributed by atoms with Crippen molar-refractivity contribution in [3.8, 4) is 0 Å². The van der Waals surface area contributed by atoms with Crippen LogP contribution in [0.25, 0.3) is 0 Å². The van der Waals surface area contributed by atoms with Gasteiger partial charge in [0.1, 0.15) is 5.78 Å². The van der Waals surface area contributed by atoms with Crippen LogP contribution in [-0.4, -0.2) is 50.1 Å². The van der Waals surface area contributed by atoms with Crippen LogP contribution in [0.5, 0.6) is 0 Å². The number of Topliss-reactive ketones (excluding diaryl/α,β-unsaturated/α-hetero) is 1. The minimum absolute atomic E-state index is 0.0144. The second-order valence-corrected chi connectivity index (χ2v) is 3.80. The normalized spacial score (nSPS) is 12.1. The van der Waals surface area contributed by atoms with Crippen molar-refractivity contribution in [1.29, 1.82) is 0 Å². The molecular weight excluding hydrogens is 221 g/mol. The number of hydrogen-bond donors (Lipinski definition) is 1. The topological polar surface area (TPSA) is 32.3 Å². The number of rotatable bonds is 8. The monoisotopic (exact) mass is 240 g/mol. The van der Waals surface area contributed by atoms with Crippen LogP contribution in [0.3, 0.4) is 0 Å². The third-order valence-electron chi connectivity index (χ3n) is 2.08. The molecule has 0 aromatic heterocycles. The quantitative estimate of drug-likeness (QED) is 0.696. The van der Waals surface area contributed by atoms with Crippen LogP contribution in [0.2, 0.25) is 0 Å². The molecule has 0 aliphatic carbocycles. The molecule has 0 aromatic rings. The van der Waals surface area contributed by atoms with Crippen molar-refractivity contribution in [2.45, 2.75) is 25.9 Å². The number of ketones is 1. The van der Waals surface area contributed by atoms with Gasteiger partial charge in [-0.2, -0.15) is 13.2 Å². The van der Waals surface area contributed by atoms with Crippen molar-refractivity contribution < 1.29 is 18.0 Å². The molecule has 16 heavy (non-hydrogen) atoms. The summed E-state index contributed by atoms with van der Waals surface area (Å²) < 4.78 is 36.6. The Morgan fingerprint density at radius 1 is 1.31 bits per heavy atom. The fourth-order valence-electron chi connectivity index (χ4n) is 1.34. The second kappa shape index (κ2) is 7.62. The van der Waals surface area contributed by atoms with Crippen LogP contribution < -0.4 is 5.32 Å². The summed E-state index contributed by atoms with van der Waals surface area (Å²) in [7, 11) is 1.70. The first-order valence-electron chi connectivity index (χ1n) is 5.28. The molecule has 3 nitrogen and oxygen atoms in total. The highest BCUT2D eigenvalue weighted by molar-refractivity contribution is 5.75. The molecule has 0 aliphatic heterocycles. The van der Waals surface area contributed by atoms with Crippen LogP contribution in [0.15, 0.2) is 0 Å². The molecule has 0 unspecified atom stereocenters. The maximum atomic E-state index is 12.2. The van der Waals surface area contributed by atoms with E-state index < -0.39 is 12.7 Å². The van der Waals surface area contributed by atoms with E-state index in [-0.39, 0.29) is 5.78 Å². The lowest BCUT2D eigenvalue weighted by atomic mass is 10.2. The summed E-state index contributed by atoms with van der Waals surface area (Å²) in [5.41, 5.74) is 0. The SMILES string of the molecule is CNCCN(CCCC(C)=O)CC(F)(F)F. The highest BCUT2D eigenvalue weighted by Crippen LogP contribution is 2.16. The zero-order valence-electron chi connectivity index (χ0n) is 9.73. The fraction of sp³-hybridized carbons (Fsp3) is 0.900. The fourth-order valence-corrected chi connectivity index (χ4v) is 1.34. The zero-order valence-corrected chi connectivity index (χ0v) is 9.73. The molecule has 0 bridgehead atoms. The summed E-state index contributed by atoms with van der Waals surface area (Å²) in [6, 6.07) is 0. The highest BCUT2D eigenvalue weighted by atomic mass is 19.4. The molecule has 0 saturated heterocycles. The van der Waals surface area contributed by atoms with Crippen molar-refractivity contribution in [3.05, 3.63) is 0 Å². The van der Waals surface area contributed by atoms with E-state index in [9.17, 15) is 18.0 Å². The van der Waals surface area contributed by atoms with Gasteiger partial charge in [0.05, 0.1) is 6.54 Å². The first-order chi connectivity index (χ1) is 7.35. The molecule has 0 aliphatic rings. The van der Waals surface area contributed by atoms with Crippen molar-refractivity contribution in [3.63, 3.8) is 0 Å². The van der Waals surface area contributed by atoms with Gasteiger partial charge in [-0.05, 0) is 26.9 Å². The predicted octanol–water partition coefficient (Wildman–Crippen LogP) is 1.44. The largest absolute Gasteiger partial charge is 0.401 e. The van der Waals surface area contributed by atoms with Gasteiger partial charge >= 0.3 is 6.18 Å². The third-order valence-corrected chi connectivity index (χ3v) is 2.08. The maximum Gasteiger partial charge on any atom is 0.401 e. The van der Waals surface area contributed by atoms with Crippen LogP contribution in [-0.2, 0) is 4.79 Å². The Labute approximate surface area is 94.0 Å². The number of carbonyl (C=O) groups excluding carboxylic acids is 1. The van der Waals surface area contributed by atoms with E-state index in [1.165, 1.54) is 11.8 Å². The Bertz CT molecular complexity index is 207. The average Bonchev–Trinajstić information content (AvgIpc) is 2.11. The summed E-state index contributed by atoms with van der Waals surface area (Å²) in [4.78, 5) is 12.0. The van der Waals surface area contributed by atoms with Crippen LogP contribution in [0.4, 0.5) is 13.2 Å². The van der Waals surface area contributed by atoms with E-state index in [4.69, 9.17) is 0 Å². The molecule has 6 heteroatoms. The van der Waals surface area contributed by atoms with Gasteiger partial charge in [-0.3, -0.25) is 4.90 Å². The number of nitrogens with one attached hydrogen (secondary N) is 1. The van der Waals surface area contributed by atoms with Gasteiger partial charge in [-0.15, -0.1) is 0 Å². The van der Waals surface area contributed by atoms with Gasteiger partial charge in [0.15, 0.2) is 0 Å². The molecule has 0 heterocycles. The molecule has 0 aromatic carbocycles. The average molecular weight is 240 g/mol. The highest BCUT2D eigenvalue weighted by Gasteiger charge is 2.30. The molecule has 0 spiro atoms. The van der Waals surface area contributed by atoms with E-state index in [1.807, 2.05) is 0 Å². The molecule has 0 amide bonds. The second-order valence-electron chi connectivity index (χ2n) is 3.80. The maximum absolute atomic E-state index is 12.2. The van der Waals surface area contributed by atoms with E-state index in [0.717, 1.165) is 0 Å². The summed E-state index contributed by atoms with van der Waals surface area (Å²) in [6.07, 6.45) is -3.35. The van der Waals surface area contributed by atoms with Crippen molar-refractivity contribution >= 4 is 5.78 Å². The zero-order chi connectivity index (χ0) is 12.6. The molecule has 0 saturated carbocycles. The lowest BCUT2D eigenvalue weighted by Gasteiger charge is -2.23. The van der Waals surface area contributed by atoms with Gasteiger partial charge in [-0.1, -0.05) is 0 Å². The van der Waals surface area contributed by atoms with Crippen LogP contribution >= 0.6 is 0 Å². The minimum atomic E-state index is -4.18. The summed E-state index contributed by atoms with van der Waals surface area (Å²) >= 11 is 0. The Morgan fingerprint density at radius 2 is 1.94 bits per heavy atom. The van der Waals surface area contributed by atoms with Gasteiger partial charge in [0.25, 0.3) is 0 Å². The van der Waals surface area contributed by atoms with Gasteiger partial charge in [0, 0.05) is 19.5 Å². The van der Waals surface area contributed by atoms with Crippen LogP contribution in [0, 0.1) is 0 Å². The Morgan fingerprint density at radius 3 is 2.38 bits per heavy atom. The first-order valence-corrected chi connectivity index (χ1v) is 5.28. The Kier molecular flexibility index (Phi) is 7.33. The van der Waals surface area contributed by atoms with E-state index in [1.54, 1.807) is 7.05 Å². The Balaban J connectivity index is 3.95. The van der Waals surface area contributed by atoms with Crippen molar-refractivity contribution in [1.82, 2.24) is 10.2 Å². The van der Waals surface area contributed by atoms with Crippen molar-refractivity contribution in [2.75, 3.05) is 33.2 Å². The molecular formula is C10H19F3N2O. The number of hydrogen-bond acceptors (Lipinski definition) is 3. The van der Waals surface area contributed by atoms with Gasteiger partial charge < -0.3 is 10.1 Å². The number of halogens is 3. The third kappa shape index (κ3) is 9.92. The van der Waals surface area contributed by atoms with Gasteiger partial charge in [0.2, 0.25) is 0 Å². The lowest BCUT2D eigenvalue weighted by molar-refractivity contribution is -0.145. The lowest BCUT2D eigenvalue weighted by Crippen LogP contribution is -2.38. The summed E-state index contributed by atoms with van der Waals surface area (Å²) in [6.45, 7) is 1.69. The molecule has 96 valence electrons. The molecule has 0 radical (unpaired) electrons. The number of carbonyl (C=O) groups is 1. The van der Waals surface area contributed by atoms with Gasteiger partial charge in [-0.25, -0.2) is 0 Å². The Hall–Kier alpha value is -0.620. The van der Waals surface area contributed by atoms with Crippen molar-refractivity contribution in [2.24, 2.45) is 0 Å². The first kappa shape index (κ1) is 15.4. The van der Waals surface area contributed by atoms with Crippen LogP contribution in [0.1, 0.15) is 19.8 Å². The summed E-state index contributed by atoms with van der Waals surface area (Å²) in [5.74, 6) is 0.0144. The molecule has 0 fully saturated rings. The molecule has 1 N–H and O–H groups in total. The van der Waals surface area contributed by atoms with E-state index >= 15 is 0 Å². The number of alkyl halides is 3.